The standard InChI is InChI=1S/C13H17N3S2/c1-14-7-3-6-12-15-16-13(18-12)11-8-9-4-2-5-10(9)17-11/h8,14H,2-7H2,1H3. The van der Waals surface area contributed by atoms with Crippen LogP contribution in [0.5, 0.6) is 0 Å². The van der Waals surface area contributed by atoms with Crippen molar-refractivity contribution in [3.8, 4) is 9.88 Å². The van der Waals surface area contributed by atoms with Crippen molar-refractivity contribution in [2.75, 3.05) is 13.6 Å². The summed E-state index contributed by atoms with van der Waals surface area (Å²) in [4.78, 5) is 2.88. The average Bonchev–Trinajstić information content (AvgIpc) is 3.02. The maximum atomic E-state index is 4.34. The van der Waals surface area contributed by atoms with Crippen LogP contribution in [0, 0.1) is 0 Å². The molecule has 2 heterocycles. The van der Waals surface area contributed by atoms with Crippen LogP contribution in [0.3, 0.4) is 0 Å². The molecule has 2 aromatic rings. The summed E-state index contributed by atoms with van der Waals surface area (Å²) in [6.07, 6.45) is 6.00. The monoisotopic (exact) mass is 279 g/mol. The summed E-state index contributed by atoms with van der Waals surface area (Å²) >= 11 is 3.67. The van der Waals surface area contributed by atoms with Crippen molar-refractivity contribution in [3.05, 3.63) is 21.5 Å². The zero-order valence-corrected chi connectivity index (χ0v) is 12.2. The molecule has 1 aliphatic carbocycles. The van der Waals surface area contributed by atoms with Crippen molar-refractivity contribution in [3.63, 3.8) is 0 Å². The molecule has 2 aromatic heterocycles. The van der Waals surface area contributed by atoms with Gasteiger partial charge in [-0.25, -0.2) is 0 Å². The van der Waals surface area contributed by atoms with Gasteiger partial charge in [-0.3, -0.25) is 0 Å². The van der Waals surface area contributed by atoms with E-state index in [1.165, 1.54) is 24.1 Å². The number of rotatable bonds is 5. The Hall–Kier alpha value is -0.780. The Morgan fingerprint density at radius 3 is 3.06 bits per heavy atom. The van der Waals surface area contributed by atoms with Gasteiger partial charge in [0.05, 0.1) is 4.88 Å². The normalized spacial score (nSPS) is 14.1. The lowest BCUT2D eigenvalue weighted by atomic mass is 10.2. The molecule has 3 nitrogen and oxygen atoms in total. The number of fused-ring (bicyclic) bond motifs is 1. The van der Waals surface area contributed by atoms with Crippen molar-refractivity contribution < 1.29 is 0 Å². The van der Waals surface area contributed by atoms with E-state index >= 15 is 0 Å². The Labute approximate surface area is 115 Å². The molecule has 0 saturated heterocycles. The SMILES string of the molecule is CNCCCc1nnc(-c2cc3c(s2)CCC3)s1. The van der Waals surface area contributed by atoms with E-state index < -0.39 is 0 Å². The summed E-state index contributed by atoms with van der Waals surface area (Å²) in [5.41, 5.74) is 1.54. The van der Waals surface area contributed by atoms with Crippen molar-refractivity contribution in [1.82, 2.24) is 15.5 Å². The highest BCUT2D eigenvalue weighted by atomic mass is 32.1. The first kappa shape index (κ1) is 12.3. The molecule has 0 bridgehead atoms. The van der Waals surface area contributed by atoms with Crippen molar-refractivity contribution >= 4 is 22.7 Å². The molecule has 1 N–H and O–H groups in total. The molecular formula is C13H17N3S2. The molecule has 0 atom stereocenters. The lowest BCUT2D eigenvalue weighted by molar-refractivity contribution is 0.718. The van der Waals surface area contributed by atoms with E-state index in [0.717, 1.165) is 29.4 Å². The van der Waals surface area contributed by atoms with Gasteiger partial charge < -0.3 is 5.32 Å². The molecule has 96 valence electrons. The van der Waals surface area contributed by atoms with Crippen LogP contribution in [-0.4, -0.2) is 23.8 Å². The molecule has 3 rings (SSSR count). The topological polar surface area (TPSA) is 37.8 Å². The van der Waals surface area contributed by atoms with E-state index in [9.17, 15) is 0 Å². The molecule has 0 fully saturated rings. The van der Waals surface area contributed by atoms with Crippen LogP contribution in [0.4, 0.5) is 0 Å². The van der Waals surface area contributed by atoms with Gasteiger partial charge in [0, 0.05) is 11.3 Å². The van der Waals surface area contributed by atoms with Gasteiger partial charge in [0.15, 0.2) is 5.01 Å². The fourth-order valence-corrected chi connectivity index (χ4v) is 4.48. The first-order valence-electron chi connectivity index (χ1n) is 6.46. The summed E-state index contributed by atoms with van der Waals surface area (Å²) in [6, 6.07) is 2.32. The summed E-state index contributed by atoms with van der Waals surface area (Å²) < 4.78 is 0. The van der Waals surface area contributed by atoms with Gasteiger partial charge in [0.25, 0.3) is 0 Å². The zero-order chi connectivity index (χ0) is 12.4. The van der Waals surface area contributed by atoms with E-state index in [-0.39, 0.29) is 0 Å². The minimum atomic E-state index is 1.03. The molecule has 0 spiro atoms. The van der Waals surface area contributed by atoms with E-state index in [1.54, 1.807) is 21.8 Å². The number of nitrogens with one attached hydrogen (secondary N) is 1. The number of nitrogens with zero attached hydrogens (tertiary/aromatic N) is 2. The molecule has 0 aliphatic heterocycles. The predicted molar refractivity (Wildman–Crippen MR) is 77.5 cm³/mol. The van der Waals surface area contributed by atoms with Crippen LogP contribution >= 0.6 is 22.7 Å². The average molecular weight is 279 g/mol. The number of hydrogen-bond donors (Lipinski definition) is 1. The molecule has 0 saturated carbocycles. The molecule has 1 aliphatic rings. The lowest BCUT2D eigenvalue weighted by Crippen LogP contribution is -2.08. The summed E-state index contributed by atoms with van der Waals surface area (Å²) in [6.45, 7) is 1.04. The number of aryl methyl sites for hydroxylation is 3. The van der Waals surface area contributed by atoms with Crippen LogP contribution in [0.25, 0.3) is 9.88 Å². The highest BCUT2D eigenvalue weighted by Crippen LogP contribution is 2.37. The van der Waals surface area contributed by atoms with Crippen LogP contribution < -0.4 is 5.32 Å². The Morgan fingerprint density at radius 1 is 1.28 bits per heavy atom. The van der Waals surface area contributed by atoms with Gasteiger partial charge in [-0.1, -0.05) is 11.3 Å². The fourth-order valence-electron chi connectivity index (χ4n) is 2.31. The van der Waals surface area contributed by atoms with Crippen LogP contribution in [0.1, 0.15) is 28.3 Å². The fraction of sp³-hybridized carbons (Fsp3) is 0.538. The Bertz CT molecular complexity index is 509. The Morgan fingerprint density at radius 2 is 2.22 bits per heavy atom. The molecule has 0 radical (unpaired) electrons. The molecule has 0 aromatic carbocycles. The molecule has 0 unspecified atom stereocenters. The van der Waals surface area contributed by atoms with Crippen LogP contribution in [-0.2, 0) is 19.3 Å². The lowest BCUT2D eigenvalue weighted by Gasteiger charge is -1.94. The number of thiophene rings is 1. The van der Waals surface area contributed by atoms with E-state index in [0.29, 0.717) is 0 Å². The third-order valence-corrected chi connectivity index (χ3v) is 5.63. The van der Waals surface area contributed by atoms with E-state index in [1.807, 2.05) is 18.4 Å². The van der Waals surface area contributed by atoms with E-state index in [4.69, 9.17) is 0 Å². The maximum absolute atomic E-state index is 4.34. The minimum Gasteiger partial charge on any atom is -0.320 e. The zero-order valence-electron chi connectivity index (χ0n) is 10.5. The first-order chi connectivity index (χ1) is 8.86. The largest absolute Gasteiger partial charge is 0.320 e. The van der Waals surface area contributed by atoms with Gasteiger partial charge in [-0.05, 0) is 50.9 Å². The highest BCUT2D eigenvalue weighted by Gasteiger charge is 2.17. The van der Waals surface area contributed by atoms with Crippen molar-refractivity contribution in [1.29, 1.82) is 0 Å². The molecule has 5 heteroatoms. The highest BCUT2D eigenvalue weighted by molar-refractivity contribution is 7.21. The number of aromatic nitrogens is 2. The second-order valence-electron chi connectivity index (χ2n) is 4.62. The molecule has 0 amide bonds. The smallest absolute Gasteiger partial charge is 0.157 e. The van der Waals surface area contributed by atoms with E-state index in [2.05, 4.69) is 21.6 Å². The number of hydrogen-bond acceptors (Lipinski definition) is 5. The summed E-state index contributed by atoms with van der Waals surface area (Å²) in [7, 11) is 1.98. The van der Waals surface area contributed by atoms with Crippen molar-refractivity contribution in [2.45, 2.75) is 32.1 Å². The van der Waals surface area contributed by atoms with Crippen molar-refractivity contribution in [2.24, 2.45) is 0 Å². The summed E-state index contributed by atoms with van der Waals surface area (Å²) in [5.74, 6) is 0. The molecule has 18 heavy (non-hydrogen) atoms. The Kier molecular flexibility index (Phi) is 3.72. The van der Waals surface area contributed by atoms with Gasteiger partial charge in [-0.15, -0.1) is 21.5 Å². The van der Waals surface area contributed by atoms with Gasteiger partial charge in [0.2, 0.25) is 0 Å². The third-order valence-electron chi connectivity index (χ3n) is 3.24. The van der Waals surface area contributed by atoms with Crippen LogP contribution in [0.2, 0.25) is 0 Å². The van der Waals surface area contributed by atoms with Gasteiger partial charge in [0.1, 0.15) is 5.01 Å². The quantitative estimate of drug-likeness (QED) is 0.855. The predicted octanol–water partition coefficient (Wildman–Crippen LogP) is 2.91. The Balaban J connectivity index is 1.72. The summed E-state index contributed by atoms with van der Waals surface area (Å²) in [5, 5.41) is 14.1. The van der Waals surface area contributed by atoms with Gasteiger partial charge in [-0.2, -0.15) is 0 Å². The second kappa shape index (κ2) is 5.47. The minimum absolute atomic E-state index is 1.03. The maximum Gasteiger partial charge on any atom is 0.157 e. The first-order valence-corrected chi connectivity index (χ1v) is 8.09. The molecular weight excluding hydrogens is 262 g/mol. The van der Waals surface area contributed by atoms with Crippen LogP contribution in [0.15, 0.2) is 6.07 Å². The second-order valence-corrected chi connectivity index (χ2v) is 6.82. The van der Waals surface area contributed by atoms with Gasteiger partial charge >= 0.3 is 0 Å². The third kappa shape index (κ3) is 2.48.